The number of hydrogen-bond acceptors (Lipinski definition) is 3. The molecule has 0 unspecified atom stereocenters. The summed E-state index contributed by atoms with van der Waals surface area (Å²) in [5.74, 6) is 1.74. The van der Waals surface area contributed by atoms with Crippen LogP contribution in [0.3, 0.4) is 0 Å². The Morgan fingerprint density at radius 1 is 0.882 bits per heavy atom. The van der Waals surface area contributed by atoms with E-state index in [0.29, 0.717) is 6.61 Å². The third-order valence-corrected chi connectivity index (χ3v) is 2.63. The van der Waals surface area contributed by atoms with Gasteiger partial charge in [-0.2, -0.15) is 0 Å². The summed E-state index contributed by atoms with van der Waals surface area (Å²) in [5.41, 5.74) is 0. The molecule has 0 bridgehead atoms. The third kappa shape index (κ3) is 6.17. The smallest absolute Gasteiger partial charge is 0.119 e. The lowest BCUT2D eigenvalue weighted by Gasteiger charge is -2.06. The number of rotatable bonds is 9. The topological polar surface area (TPSA) is 38.7 Å². The van der Waals surface area contributed by atoms with Crippen molar-refractivity contribution in [2.24, 2.45) is 0 Å². The molecular formula is C14H22O3. The molecular weight excluding hydrogens is 216 g/mol. The molecule has 17 heavy (non-hydrogen) atoms. The molecule has 0 fully saturated rings. The molecule has 0 amide bonds. The van der Waals surface area contributed by atoms with Gasteiger partial charge in [0.25, 0.3) is 0 Å². The molecule has 0 aliphatic carbocycles. The highest BCUT2D eigenvalue weighted by Gasteiger charge is 1.95. The van der Waals surface area contributed by atoms with Gasteiger partial charge >= 0.3 is 0 Å². The quantitative estimate of drug-likeness (QED) is 0.672. The van der Waals surface area contributed by atoms with E-state index < -0.39 is 0 Å². The predicted octanol–water partition coefficient (Wildman–Crippen LogP) is 3.02. The van der Waals surface area contributed by atoms with Gasteiger partial charge in [-0.1, -0.05) is 19.3 Å². The van der Waals surface area contributed by atoms with Gasteiger partial charge in [-0.25, -0.2) is 0 Å². The molecule has 3 heteroatoms. The van der Waals surface area contributed by atoms with Gasteiger partial charge in [-0.3, -0.25) is 0 Å². The van der Waals surface area contributed by atoms with Crippen LogP contribution in [-0.4, -0.2) is 25.4 Å². The summed E-state index contributed by atoms with van der Waals surface area (Å²) < 4.78 is 10.7. The van der Waals surface area contributed by atoms with Crippen LogP contribution in [0.2, 0.25) is 0 Å². The zero-order chi connectivity index (χ0) is 12.3. The Hall–Kier alpha value is -1.22. The zero-order valence-corrected chi connectivity index (χ0v) is 10.5. The minimum absolute atomic E-state index is 0.308. The fraction of sp³-hybridized carbons (Fsp3) is 0.571. The van der Waals surface area contributed by atoms with Crippen molar-refractivity contribution in [3.05, 3.63) is 24.3 Å². The van der Waals surface area contributed by atoms with E-state index in [1.165, 1.54) is 6.42 Å². The molecule has 0 heterocycles. The summed E-state index contributed by atoms with van der Waals surface area (Å²) in [6.45, 7) is 1.06. The van der Waals surface area contributed by atoms with Crippen LogP contribution in [0, 0.1) is 0 Å². The van der Waals surface area contributed by atoms with E-state index in [0.717, 1.165) is 43.8 Å². The summed E-state index contributed by atoms with van der Waals surface area (Å²) in [4.78, 5) is 0. The lowest BCUT2D eigenvalue weighted by atomic mass is 10.1. The maximum Gasteiger partial charge on any atom is 0.119 e. The number of ether oxygens (including phenoxy) is 2. The van der Waals surface area contributed by atoms with E-state index in [2.05, 4.69) is 0 Å². The Balaban J connectivity index is 2.05. The van der Waals surface area contributed by atoms with E-state index in [1.807, 2.05) is 24.3 Å². The highest BCUT2D eigenvalue weighted by atomic mass is 16.5. The standard InChI is InChI=1S/C14H22O3/c1-16-13-7-9-14(10-8-13)17-12-6-4-2-3-5-11-15/h7-10,15H,2-6,11-12H2,1H3. The Bertz CT molecular complexity index is 282. The average Bonchev–Trinajstić information content (AvgIpc) is 2.38. The molecule has 0 spiro atoms. The zero-order valence-electron chi connectivity index (χ0n) is 10.5. The van der Waals surface area contributed by atoms with Gasteiger partial charge < -0.3 is 14.6 Å². The van der Waals surface area contributed by atoms with Crippen molar-refractivity contribution in [2.75, 3.05) is 20.3 Å². The lowest BCUT2D eigenvalue weighted by molar-refractivity contribution is 0.278. The van der Waals surface area contributed by atoms with E-state index in [9.17, 15) is 0 Å². The molecule has 1 aromatic rings. The highest BCUT2D eigenvalue weighted by molar-refractivity contribution is 5.30. The number of aliphatic hydroxyl groups is 1. The molecule has 0 saturated heterocycles. The van der Waals surface area contributed by atoms with Crippen LogP contribution in [0.25, 0.3) is 0 Å². The van der Waals surface area contributed by atoms with Gasteiger partial charge in [-0.05, 0) is 37.1 Å². The van der Waals surface area contributed by atoms with Crippen molar-refractivity contribution in [3.8, 4) is 11.5 Å². The third-order valence-electron chi connectivity index (χ3n) is 2.63. The number of unbranched alkanes of at least 4 members (excludes halogenated alkanes) is 4. The van der Waals surface area contributed by atoms with Crippen molar-refractivity contribution in [2.45, 2.75) is 32.1 Å². The van der Waals surface area contributed by atoms with Gasteiger partial charge in [0.15, 0.2) is 0 Å². The highest BCUT2D eigenvalue weighted by Crippen LogP contribution is 2.17. The number of methoxy groups -OCH3 is 1. The summed E-state index contributed by atoms with van der Waals surface area (Å²) >= 11 is 0. The molecule has 3 nitrogen and oxygen atoms in total. The maximum absolute atomic E-state index is 8.63. The van der Waals surface area contributed by atoms with E-state index in [-0.39, 0.29) is 0 Å². The molecule has 0 aliphatic rings. The predicted molar refractivity (Wildman–Crippen MR) is 68.7 cm³/mol. The minimum atomic E-state index is 0.308. The average molecular weight is 238 g/mol. The second-order valence-electron chi connectivity index (χ2n) is 4.02. The first kappa shape index (κ1) is 13.8. The maximum atomic E-state index is 8.63. The van der Waals surface area contributed by atoms with Crippen LogP contribution < -0.4 is 9.47 Å². The van der Waals surface area contributed by atoms with Crippen LogP contribution in [0.1, 0.15) is 32.1 Å². The van der Waals surface area contributed by atoms with Crippen molar-refractivity contribution in [1.82, 2.24) is 0 Å². The Labute approximate surface area is 103 Å². The van der Waals surface area contributed by atoms with Crippen LogP contribution in [-0.2, 0) is 0 Å². The molecule has 0 aliphatic heterocycles. The van der Waals surface area contributed by atoms with Gasteiger partial charge in [0.1, 0.15) is 11.5 Å². The molecule has 0 radical (unpaired) electrons. The van der Waals surface area contributed by atoms with Crippen molar-refractivity contribution in [3.63, 3.8) is 0 Å². The normalized spacial score (nSPS) is 10.2. The van der Waals surface area contributed by atoms with Crippen molar-refractivity contribution >= 4 is 0 Å². The van der Waals surface area contributed by atoms with E-state index in [4.69, 9.17) is 14.6 Å². The molecule has 96 valence electrons. The van der Waals surface area contributed by atoms with Gasteiger partial charge in [0.05, 0.1) is 13.7 Å². The first-order valence-electron chi connectivity index (χ1n) is 6.24. The van der Waals surface area contributed by atoms with E-state index in [1.54, 1.807) is 7.11 Å². The number of aliphatic hydroxyl groups excluding tert-OH is 1. The monoisotopic (exact) mass is 238 g/mol. The van der Waals surface area contributed by atoms with Crippen molar-refractivity contribution in [1.29, 1.82) is 0 Å². The van der Waals surface area contributed by atoms with Crippen LogP contribution in [0.15, 0.2) is 24.3 Å². The number of benzene rings is 1. The van der Waals surface area contributed by atoms with Gasteiger partial charge in [0, 0.05) is 6.61 Å². The SMILES string of the molecule is COc1ccc(OCCCCCCCO)cc1. The fourth-order valence-electron chi connectivity index (χ4n) is 1.61. The minimum Gasteiger partial charge on any atom is -0.497 e. The van der Waals surface area contributed by atoms with Gasteiger partial charge in [-0.15, -0.1) is 0 Å². The van der Waals surface area contributed by atoms with Gasteiger partial charge in [0.2, 0.25) is 0 Å². The van der Waals surface area contributed by atoms with Crippen LogP contribution >= 0.6 is 0 Å². The molecule has 0 saturated carbocycles. The Kier molecular flexibility index (Phi) is 7.23. The molecule has 0 atom stereocenters. The first-order valence-corrected chi connectivity index (χ1v) is 6.24. The fourth-order valence-corrected chi connectivity index (χ4v) is 1.61. The summed E-state index contributed by atoms with van der Waals surface area (Å²) in [5, 5.41) is 8.63. The van der Waals surface area contributed by atoms with Crippen LogP contribution in [0.4, 0.5) is 0 Å². The van der Waals surface area contributed by atoms with Crippen LogP contribution in [0.5, 0.6) is 11.5 Å². The summed E-state index contributed by atoms with van der Waals surface area (Å²) in [7, 11) is 1.66. The first-order chi connectivity index (χ1) is 8.36. The molecule has 1 N–H and O–H groups in total. The lowest BCUT2D eigenvalue weighted by Crippen LogP contribution is -1.97. The van der Waals surface area contributed by atoms with Crippen molar-refractivity contribution < 1.29 is 14.6 Å². The second-order valence-corrected chi connectivity index (χ2v) is 4.02. The Morgan fingerprint density at radius 2 is 1.47 bits per heavy atom. The summed E-state index contributed by atoms with van der Waals surface area (Å²) in [6, 6.07) is 7.64. The molecule has 0 aromatic heterocycles. The largest absolute Gasteiger partial charge is 0.497 e. The molecule has 1 aromatic carbocycles. The number of hydrogen-bond donors (Lipinski definition) is 1. The Morgan fingerprint density at radius 3 is 2.12 bits per heavy atom. The second kappa shape index (κ2) is 8.88. The summed E-state index contributed by atoms with van der Waals surface area (Å²) in [6.07, 6.45) is 5.43. The van der Waals surface area contributed by atoms with E-state index >= 15 is 0 Å². The molecule has 1 rings (SSSR count).